The molecule has 0 saturated carbocycles. The topological polar surface area (TPSA) is 98.8 Å². The minimum absolute atomic E-state index is 0.0355. The van der Waals surface area contributed by atoms with E-state index >= 15 is 0 Å². The van der Waals surface area contributed by atoms with Crippen LogP contribution in [0, 0.1) is 0 Å². The quantitative estimate of drug-likeness (QED) is 0.744. The molecule has 3 rings (SSSR count). The molecule has 7 nitrogen and oxygen atoms in total. The van der Waals surface area contributed by atoms with Crippen molar-refractivity contribution in [1.29, 1.82) is 0 Å². The number of hydrogen-bond acceptors (Lipinski definition) is 6. The first-order chi connectivity index (χ1) is 13.3. The van der Waals surface area contributed by atoms with E-state index in [0.29, 0.717) is 17.9 Å². The van der Waals surface area contributed by atoms with Crippen LogP contribution < -0.4 is 10.1 Å². The average molecular weight is 403 g/mol. The standard InChI is InChI=1S/C20H21NO6S/c1-20(11-12-28(24,25)14-20)21-18(22)13-26-19(23)16-9-5-6-10-17(16)27-15-7-3-2-4-8-15/h2-10H,11-14H2,1H3,(H,21,22)/t20-/m1/s1. The van der Waals surface area contributed by atoms with Crippen LogP contribution in [0.15, 0.2) is 54.6 Å². The Morgan fingerprint density at radius 3 is 2.43 bits per heavy atom. The fraction of sp³-hybridized carbons (Fsp3) is 0.300. The molecule has 148 valence electrons. The number of sulfone groups is 1. The van der Waals surface area contributed by atoms with Gasteiger partial charge in [0.2, 0.25) is 0 Å². The Morgan fingerprint density at radius 2 is 1.75 bits per heavy atom. The molecule has 0 aliphatic carbocycles. The molecular weight excluding hydrogens is 382 g/mol. The van der Waals surface area contributed by atoms with E-state index in [1.54, 1.807) is 43.3 Å². The zero-order valence-electron chi connectivity index (χ0n) is 15.4. The van der Waals surface area contributed by atoms with Crippen LogP contribution in [0.2, 0.25) is 0 Å². The molecule has 1 saturated heterocycles. The van der Waals surface area contributed by atoms with Gasteiger partial charge in [0, 0.05) is 0 Å². The van der Waals surface area contributed by atoms with Crippen LogP contribution in [0.4, 0.5) is 0 Å². The molecule has 0 spiro atoms. The summed E-state index contributed by atoms with van der Waals surface area (Å²) in [6, 6.07) is 15.5. The number of ether oxygens (including phenoxy) is 2. The lowest BCUT2D eigenvalue weighted by atomic mass is 10.0. The maximum absolute atomic E-state index is 12.4. The zero-order chi connectivity index (χ0) is 20.2. The van der Waals surface area contributed by atoms with Crippen molar-refractivity contribution in [2.75, 3.05) is 18.1 Å². The first kappa shape index (κ1) is 19.9. The van der Waals surface area contributed by atoms with E-state index in [2.05, 4.69) is 5.32 Å². The molecule has 1 heterocycles. The van der Waals surface area contributed by atoms with Gasteiger partial charge in [-0.3, -0.25) is 4.79 Å². The van der Waals surface area contributed by atoms with E-state index in [0.717, 1.165) is 0 Å². The normalized spacial score (nSPS) is 20.3. The number of para-hydroxylation sites is 2. The number of carbonyl (C=O) groups is 2. The monoisotopic (exact) mass is 403 g/mol. The predicted molar refractivity (Wildman–Crippen MR) is 103 cm³/mol. The second kappa shape index (κ2) is 8.02. The minimum Gasteiger partial charge on any atom is -0.456 e. The lowest BCUT2D eigenvalue weighted by molar-refractivity contribution is -0.125. The van der Waals surface area contributed by atoms with Gasteiger partial charge in [0.1, 0.15) is 17.1 Å². The number of nitrogens with one attached hydrogen (secondary N) is 1. The van der Waals surface area contributed by atoms with E-state index in [9.17, 15) is 18.0 Å². The van der Waals surface area contributed by atoms with Crippen LogP contribution in [-0.4, -0.2) is 43.9 Å². The number of esters is 1. The summed E-state index contributed by atoms with van der Waals surface area (Å²) >= 11 is 0. The van der Waals surface area contributed by atoms with Gasteiger partial charge in [0.25, 0.3) is 5.91 Å². The van der Waals surface area contributed by atoms with E-state index in [1.807, 2.05) is 18.2 Å². The van der Waals surface area contributed by atoms with Gasteiger partial charge in [-0.25, -0.2) is 13.2 Å². The second-order valence-electron chi connectivity index (χ2n) is 6.94. The minimum atomic E-state index is -3.15. The van der Waals surface area contributed by atoms with Crippen molar-refractivity contribution >= 4 is 21.7 Å². The summed E-state index contributed by atoms with van der Waals surface area (Å²) in [5.41, 5.74) is -0.648. The van der Waals surface area contributed by atoms with Crippen molar-refractivity contribution in [2.45, 2.75) is 18.9 Å². The van der Waals surface area contributed by atoms with E-state index in [-0.39, 0.29) is 17.1 Å². The lowest BCUT2D eigenvalue weighted by Gasteiger charge is -2.23. The van der Waals surface area contributed by atoms with Crippen molar-refractivity contribution in [3.63, 3.8) is 0 Å². The molecule has 1 fully saturated rings. The van der Waals surface area contributed by atoms with E-state index in [1.165, 1.54) is 0 Å². The van der Waals surface area contributed by atoms with Gasteiger partial charge in [-0.1, -0.05) is 30.3 Å². The molecule has 2 aromatic carbocycles. The summed E-state index contributed by atoms with van der Waals surface area (Å²) < 4.78 is 34.0. The smallest absolute Gasteiger partial charge is 0.342 e. The van der Waals surface area contributed by atoms with Gasteiger partial charge in [0.15, 0.2) is 16.4 Å². The molecule has 2 aromatic rings. The fourth-order valence-corrected chi connectivity index (χ4v) is 5.12. The van der Waals surface area contributed by atoms with Crippen LogP contribution in [0.1, 0.15) is 23.7 Å². The Morgan fingerprint density at radius 1 is 1.07 bits per heavy atom. The number of amides is 1. The van der Waals surface area contributed by atoms with Gasteiger partial charge in [-0.05, 0) is 37.6 Å². The van der Waals surface area contributed by atoms with Crippen LogP contribution in [0.3, 0.4) is 0 Å². The Hall–Kier alpha value is -2.87. The Kier molecular flexibility index (Phi) is 5.69. The highest BCUT2D eigenvalue weighted by Crippen LogP contribution is 2.26. The van der Waals surface area contributed by atoms with Crippen molar-refractivity contribution in [3.05, 3.63) is 60.2 Å². The van der Waals surface area contributed by atoms with Gasteiger partial charge < -0.3 is 14.8 Å². The van der Waals surface area contributed by atoms with Crippen molar-refractivity contribution < 1.29 is 27.5 Å². The van der Waals surface area contributed by atoms with E-state index < -0.39 is 33.9 Å². The molecule has 1 atom stereocenters. The third-order valence-corrected chi connectivity index (χ3v) is 6.26. The molecule has 1 aliphatic rings. The van der Waals surface area contributed by atoms with Crippen molar-refractivity contribution in [1.82, 2.24) is 5.32 Å². The Balaban J connectivity index is 1.60. The molecule has 0 unspecified atom stereocenters. The van der Waals surface area contributed by atoms with Crippen LogP contribution >= 0.6 is 0 Å². The molecule has 1 aliphatic heterocycles. The maximum atomic E-state index is 12.4. The highest BCUT2D eigenvalue weighted by molar-refractivity contribution is 7.91. The van der Waals surface area contributed by atoms with Gasteiger partial charge in [0.05, 0.1) is 17.0 Å². The van der Waals surface area contributed by atoms with Gasteiger partial charge >= 0.3 is 5.97 Å². The van der Waals surface area contributed by atoms with Gasteiger partial charge in [-0.15, -0.1) is 0 Å². The number of rotatable bonds is 6. The van der Waals surface area contributed by atoms with E-state index in [4.69, 9.17) is 9.47 Å². The summed E-state index contributed by atoms with van der Waals surface area (Å²) in [6.45, 7) is 1.16. The molecule has 1 N–H and O–H groups in total. The Bertz CT molecular complexity index is 973. The zero-order valence-corrected chi connectivity index (χ0v) is 16.2. The average Bonchev–Trinajstić information content (AvgIpc) is 2.93. The van der Waals surface area contributed by atoms with Crippen LogP contribution in [-0.2, 0) is 19.4 Å². The van der Waals surface area contributed by atoms with Crippen LogP contribution in [0.25, 0.3) is 0 Å². The highest BCUT2D eigenvalue weighted by atomic mass is 32.2. The summed E-state index contributed by atoms with van der Waals surface area (Å²) in [6.07, 6.45) is 0.336. The van der Waals surface area contributed by atoms with Crippen LogP contribution in [0.5, 0.6) is 11.5 Å². The molecular formula is C20H21NO6S. The maximum Gasteiger partial charge on any atom is 0.342 e. The highest BCUT2D eigenvalue weighted by Gasteiger charge is 2.39. The number of benzene rings is 2. The first-order valence-corrected chi connectivity index (χ1v) is 10.6. The molecule has 0 bridgehead atoms. The molecule has 0 radical (unpaired) electrons. The second-order valence-corrected chi connectivity index (χ2v) is 9.12. The SMILES string of the molecule is C[C@@]1(NC(=O)COC(=O)c2ccccc2Oc2ccccc2)CCS(=O)(=O)C1. The first-order valence-electron chi connectivity index (χ1n) is 8.77. The molecule has 1 amide bonds. The summed E-state index contributed by atoms with van der Waals surface area (Å²) in [7, 11) is -3.15. The third kappa shape index (κ3) is 5.10. The fourth-order valence-electron chi connectivity index (χ4n) is 3.03. The molecule has 8 heteroatoms. The summed E-state index contributed by atoms with van der Waals surface area (Å²) in [5.74, 6) is -0.453. The summed E-state index contributed by atoms with van der Waals surface area (Å²) in [5, 5.41) is 2.65. The van der Waals surface area contributed by atoms with Crippen molar-refractivity contribution in [2.24, 2.45) is 0 Å². The summed E-state index contributed by atoms with van der Waals surface area (Å²) in [4.78, 5) is 24.5. The van der Waals surface area contributed by atoms with Crippen molar-refractivity contribution in [3.8, 4) is 11.5 Å². The van der Waals surface area contributed by atoms with Gasteiger partial charge in [-0.2, -0.15) is 0 Å². The lowest BCUT2D eigenvalue weighted by Crippen LogP contribution is -2.48. The molecule has 0 aromatic heterocycles. The Labute approximate surface area is 163 Å². The third-order valence-electron chi connectivity index (χ3n) is 4.36. The largest absolute Gasteiger partial charge is 0.456 e. The molecule has 28 heavy (non-hydrogen) atoms. The number of carbonyl (C=O) groups excluding carboxylic acids is 2. The number of hydrogen-bond donors (Lipinski definition) is 1. The predicted octanol–water partition coefficient (Wildman–Crippen LogP) is 2.33.